The summed E-state index contributed by atoms with van der Waals surface area (Å²) < 4.78 is 38.8. The van der Waals surface area contributed by atoms with Crippen molar-refractivity contribution in [3.8, 4) is 0 Å². The third kappa shape index (κ3) is 2.13. The van der Waals surface area contributed by atoms with Crippen LogP contribution in [0.1, 0.15) is 11.7 Å². The highest BCUT2D eigenvalue weighted by Gasteiger charge is 2.26. The summed E-state index contributed by atoms with van der Waals surface area (Å²) in [5.41, 5.74) is 4.38. The molecular formula is C8H6BrClF3NO. The zero-order valence-electron chi connectivity index (χ0n) is 7.20. The number of hydrogen-bond acceptors (Lipinski definition) is 2. The molecule has 0 bridgehead atoms. The van der Waals surface area contributed by atoms with E-state index in [0.717, 1.165) is 0 Å². The Morgan fingerprint density at radius 1 is 1.27 bits per heavy atom. The molecule has 1 atom stereocenters. The standard InChI is InChI=1S/C8H6BrClF3NO/c9-4-7(12)5(10)3(2(15)1-14)6(11)8(4)13/h2,15H,1,14H2. The van der Waals surface area contributed by atoms with Crippen molar-refractivity contribution in [2.24, 2.45) is 5.73 Å². The fourth-order valence-corrected chi connectivity index (χ4v) is 1.82. The Hall–Kier alpha value is -0.300. The Bertz CT molecular complexity index is 373. The van der Waals surface area contributed by atoms with Crippen molar-refractivity contribution < 1.29 is 18.3 Å². The molecule has 1 rings (SSSR count). The van der Waals surface area contributed by atoms with Gasteiger partial charge in [0.05, 0.1) is 15.6 Å². The summed E-state index contributed by atoms with van der Waals surface area (Å²) in [5, 5.41) is 8.55. The van der Waals surface area contributed by atoms with Gasteiger partial charge in [-0.05, 0) is 15.9 Å². The van der Waals surface area contributed by atoms with Crippen molar-refractivity contribution in [3.63, 3.8) is 0 Å². The van der Waals surface area contributed by atoms with E-state index in [0.29, 0.717) is 0 Å². The maximum absolute atomic E-state index is 13.3. The summed E-state index contributed by atoms with van der Waals surface area (Å²) in [4.78, 5) is 0. The van der Waals surface area contributed by atoms with Crippen LogP contribution in [0.15, 0.2) is 4.47 Å². The minimum atomic E-state index is -1.55. The number of benzene rings is 1. The van der Waals surface area contributed by atoms with Crippen molar-refractivity contribution >= 4 is 27.5 Å². The van der Waals surface area contributed by atoms with Crippen molar-refractivity contribution in [2.75, 3.05) is 6.54 Å². The highest BCUT2D eigenvalue weighted by molar-refractivity contribution is 9.10. The summed E-state index contributed by atoms with van der Waals surface area (Å²) in [6.07, 6.45) is -1.55. The molecular weight excluding hydrogens is 298 g/mol. The van der Waals surface area contributed by atoms with Gasteiger partial charge in [-0.15, -0.1) is 0 Å². The molecule has 7 heteroatoms. The number of aliphatic hydroxyl groups is 1. The molecule has 0 heterocycles. The van der Waals surface area contributed by atoms with Gasteiger partial charge in [0, 0.05) is 12.1 Å². The van der Waals surface area contributed by atoms with Crippen molar-refractivity contribution in [1.82, 2.24) is 0 Å². The molecule has 0 saturated heterocycles. The van der Waals surface area contributed by atoms with E-state index >= 15 is 0 Å². The SMILES string of the molecule is NCC(O)c1c(F)c(F)c(Br)c(F)c1Cl. The van der Waals surface area contributed by atoms with Crippen molar-refractivity contribution in [1.29, 1.82) is 0 Å². The molecule has 1 aromatic carbocycles. The van der Waals surface area contributed by atoms with Gasteiger partial charge in [-0.3, -0.25) is 0 Å². The van der Waals surface area contributed by atoms with E-state index in [1.54, 1.807) is 0 Å². The van der Waals surface area contributed by atoms with E-state index in [2.05, 4.69) is 15.9 Å². The monoisotopic (exact) mass is 303 g/mol. The Morgan fingerprint density at radius 3 is 2.27 bits per heavy atom. The average molecular weight is 304 g/mol. The van der Waals surface area contributed by atoms with Gasteiger partial charge >= 0.3 is 0 Å². The number of hydrogen-bond donors (Lipinski definition) is 2. The maximum atomic E-state index is 13.3. The molecule has 0 aliphatic rings. The molecule has 1 unspecified atom stereocenters. The average Bonchev–Trinajstić information content (AvgIpc) is 2.23. The van der Waals surface area contributed by atoms with Crippen LogP contribution in [0.2, 0.25) is 5.02 Å². The van der Waals surface area contributed by atoms with Gasteiger partial charge in [0.1, 0.15) is 0 Å². The quantitative estimate of drug-likeness (QED) is 0.651. The lowest BCUT2D eigenvalue weighted by molar-refractivity contribution is 0.180. The summed E-state index contributed by atoms with van der Waals surface area (Å²) in [7, 11) is 0. The highest BCUT2D eigenvalue weighted by Crippen LogP contribution is 2.35. The van der Waals surface area contributed by atoms with Crippen LogP contribution in [-0.2, 0) is 0 Å². The summed E-state index contributed by atoms with van der Waals surface area (Å²) in [5.74, 6) is -4.02. The van der Waals surface area contributed by atoms with E-state index in [1.165, 1.54) is 0 Å². The van der Waals surface area contributed by atoms with Gasteiger partial charge in [0.15, 0.2) is 17.5 Å². The second-order valence-electron chi connectivity index (χ2n) is 2.74. The van der Waals surface area contributed by atoms with E-state index < -0.39 is 45.2 Å². The zero-order chi connectivity index (χ0) is 11.7. The van der Waals surface area contributed by atoms with Gasteiger partial charge < -0.3 is 10.8 Å². The molecule has 0 aliphatic heterocycles. The van der Waals surface area contributed by atoms with E-state index in [9.17, 15) is 18.3 Å². The first-order chi connectivity index (χ1) is 6.91. The predicted octanol–water partition coefficient (Wildman–Crippen LogP) is 2.51. The molecule has 0 spiro atoms. The molecule has 3 N–H and O–H groups in total. The molecule has 15 heavy (non-hydrogen) atoms. The van der Waals surface area contributed by atoms with Crippen LogP contribution in [0.5, 0.6) is 0 Å². The third-order valence-electron chi connectivity index (χ3n) is 1.80. The molecule has 1 aromatic rings. The Balaban J connectivity index is 3.52. The van der Waals surface area contributed by atoms with Crippen LogP contribution in [0.3, 0.4) is 0 Å². The molecule has 0 aliphatic carbocycles. The molecule has 0 fully saturated rings. The summed E-state index contributed by atoms with van der Waals surface area (Å²) in [6, 6.07) is 0. The number of aliphatic hydroxyl groups excluding tert-OH is 1. The van der Waals surface area contributed by atoms with Crippen molar-refractivity contribution in [3.05, 3.63) is 32.5 Å². The number of nitrogens with two attached hydrogens (primary N) is 1. The van der Waals surface area contributed by atoms with Crippen LogP contribution in [0, 0.1) is 17.5 Å². The maximum Gasteiger partial charge on any atom is 0.176 e. The smallest absolute Gasteiger partial charge is 0.176 e. The van der Waals surface area contributed by atoms with Gasteiger partial charge in [-0.1, -0.05) is 11.6 Å². The Kier molecular flexibility index (Phi) is 3.99. The fourth-order valence-electron chi connectivity index (χ4n) is 1.03. The largest absolute Gasteiger partial charge is 0.387 e. The molecule has 2 nitrogen and oxygen atoms in total. The topological polar surface area (TPSA) is 46.2 Å². The van der Waals surface area contributed by atoms with E-state index in [-0.39, 0.29) is 0 Å². The lowest BCUT2D eigenvalue weighted by atomic mass is 10.1. The van der Waals surface area contributed by atoms with Gasteiger partial charge in [0.2, 0.25) is 0 Å². The number of halogens is 5. The fraction of sp³-hybridized carbons (Fsp3) is 0.250. The second-order valence-corrected chi connectivity index (χ2v) is 3.91. The first kappa shape index (κ1) is 12.8. The zero-order valence-corrected chi connectivity index (χ0v) is 9.54. The lowest BCUT2D eigenvalue weighted by Gasteiger charge is -2.13. The third-order valence-corrected chi connectivity index (χ3v) is 2.87. The van der Waals surface area contributed by atoms with E-state index in [1.807, 2.05) is 0 Å². The minimum absolute atomic E-state index is 0.392. The van der Waals surface area contributed by atoms with E-state index in [4.69, 9.17) is 17.3 Å². The Labute approximate surface area is 97.0 Å². The number of rotatable bonds is 2. The van der Waals surface area contributed by atoms with Crippen LogP contribution < -0.4 is 5.73 Å². The first-order valence-corrected chi connectivity index (χ1v) is 4.98. The normalized spacial score (nSPS) is 13.0. The highest BCUT2D eigenvalue weighted by atomic mass is 79.9. The van der Waals surface area contributed by atoms with Crippen LogP contribution in [-0.4, -0.2) is 11.7 Å². The molecule has 84 valence electrons. The predicted molar refractivity (Wildman–Crippen MR) is 53.0 cm³/mol. The molecule has 0 radical (unpaired) electrons. The Morgan fingerprint density at radius 2 is 1.80 bits per heavy atom. The van der Waals surface area contributed by atoms with Gasteiger partial charge in [0.25, 0.3) is 0 Å². The molecule has 0 saturated carbocycles. The van der Waals surface area contributed by atoms with Gasteiger partial charge in [-0.2, -0.15) is 0 Å². The summed E-state index contributed by atoms with van der Waals surface area (Å²) >= 11 is 7.92. The molecule has 0 amide bonds. The van der Waals surface area contributed by atoms with Crippen LogP contribution in [0.25, 0.3) is 0 Å². The van der Waals surface area contributed by atoms with Crippen molar-refractivity contribution in [2.45, 2.75) is 6.10 Å². The minimum Gasteiger partial charge on any atom is -0.387 e. The van der Waals surface area contributed by atoms with Gasteiger partial charge in [-0.25, -0.2) is 13.2 Å². The van der Waals surface area contributed by atoms with Crippen LogP contribution in [0.4, 0.5) is 13.2 Å². The first-order valence-electron chi connectivity index (χ1n) is 3.81. The summed E-state index contributed by atoms with van der Waals surface area (Å²) in [6.45, 7) is -0.392. The van der Waals surface area contributed by atoms with Crippen LogP contribution >= 0.6 is 27.5 Å². The second kappa shape index (κ2) is 4.69. The lowest BCUT2D eigenvalue weighted by Crippen LogP contribution is -2.15. The molecule has 0 aromatic heterocycles.